The molecule has 5 nitrogen and oxygen atoms in total. The van der Waals surface area contributed by atoms with E-state index in [1.165, 1.54) is 6.26 Å². The molecule has 0 saturated carbocycles. The van der Waals surface area contributed by atoms with E-state index in [4.69, 9.17) is 4.74 Å². The fraction of sp³-hybridized carbons (Fsp3) is 0.500. The standard InChI is InChI=1S/C8H12N2O3S/c1-4-13-8(11)6-5(2)9-10-7(6)14(3)12/h4H2,1-3H3,(H,9,10). The van der Waals surface area contributed by atoms with Crippen molar-refractivity contribution in [3.8, 4) is 0 Å². The van der Waals surface area contributed by atoms with Crippen LogP contribution in [0.1, 0.15) is 23.0 Å². The van der Waals surface area contributed by atoms with E-state index >= 15 is 0 Å². The van der Waals surface area contributed by atoms with Crippen LogP contribution in [0.25, 0.3) is 0 Å². The van der Waals surface area contributed by atoms with Crippen LogP contribution in [0, 0.1) is 6.92 Å². The number of aryl methyl sites for hydroxylation is 1. The second-order valence-electron chi connectivity index (χ2n) is 2.70. The molecular formula is C8H12N2O3S. The fourth-order valence-corrected chi connectivity index (χ4v) is 1.76. The minimum absolute atomic E-state index is 0.251. The van der Waals surface area contributed by atoms with Gasteiger partial charge >= 0.3 is 5.97 Å². The predicted octanol–water partition coefficient (Wildman–Crippen LogP) is 0.632. The van der Waals surface area contributed by atoms with E-state index in [9.17, 15) is 9.00 Å². The van der Waals surface area contributed by atoms with Crippen molar-refractivity contribution in [1.82, 2.24) is 10.2 Å². The number of hydrogen-bond acceptors (Lipinski definition) is 4. The number of aromatic nitrogens is 2. The van der Waals surface area contributed by atoms with Crippen LogP contribution in [-0.4, -0.2) is 33.2 Å². The molecule has 78 valence electrons. The lowest BCUT2D eigenvalue weighted by Crippen LogP contribution is -2.08. The van der Waals surface area contributed by atoms with Crippen molar-refractivity contribution >= 4 is 16.8 Å². The van der Waals surface area contributed by atoms with Gasteiger partial charge in [0, 0.05) is 11.9 Å². The third-order valence-electron chi connectivity index (χ3n) is 1.67. The van der Waals surface area contributed by atoms with Gasteiger partial charge in [-0.3, -0.25) is 9.31 Å². The molecule has 1 unspecified atom stereocenters. The van der Waals surface area contributed by atoms with Crippen molar-refractivity contribution in [2.45, 2.75) is 18.9 Å². The molecule has 0 bridgehead atoms. The summed E-state index contributed by atoms with van der Waals surface area (Å²) in [5.74, 6) is -0.482. The second kappa shape index (κ2) is 4.36. The molecule has 1 rings (SSSR count). The van der Waals surface area contributed by atoms with E-state index in [1.807, 2.05) is 0 Å². The minimum atomic E-state index is -1.29. The molecular weight excluding hydrogens is 204 g/mol. The predicted molar refractivity (Wildman–Crippen MR) is 51.6 cm³/mol. The van der Waals surface area contributed by atoms with E-state index in [-0.39, 0.29) is 10.6 Å². The lowest BCUT2D eigenvalue weighted by Gasteiger charge is -2.01. The highest BCUT2D eigenvalue weighted by molar-refractivity contribution is 7.84. The van der Waals surface area contributed by atoms with E-state index < -0.39 is 16.8 Å². The van der Waals surface area contributed by atoms with Gasteiger partial charge in [0.15, 0.2) is 5.03 Å². The summed E-state index contributed by atoms with van der Waals surface area (Å²) >= 11 is 0. The first kappa shape index (κ1) is 10.9. The van der Waals surface area contributed by atoms with Crippen LogP contribution in [-0.2, 0) is 15.5 Å². The largest absolute Gasteiger partial charge is 0.462 e. The molecule has 1 aromatic rings. The molecule has 0 aliphatic rings. The van der Waals surface area contributed by atoms with Gasteiger partial charge in [0.1, 0.15) is 5.56 Å². The normalized spacial score (nSPS) is 12.5. The number of nitrogens with zero attached hydrogens (tertiary/aromatic N) is 1. The average molecular weight is 216 g/mol. The van der Waals surface area contributed by atoms with Gasteiger partial charge in [0.2, 0.25) is 0 Å². The van der Waals surface area contributed by atoms with Crippen LogP contribution in [0.15, 0.2) is 5.03 Å². The van der Waals surface area contributed by atoms with Crippen LogP contribution in [0.4, 0.5) is 0 Å². The Bertz CT molecular complexity index is 373. The molecule has 0 aromatic carbocycles. The summed E-state index contributed by atoms with van der Waals surface area (Å²) in [5, 5.41) is 6.66. The average Bonchev–Trinajstić information content (AvgIpc) is 2.47. The zero-order valence-corrected chi connectivity index (χ0v) is 9.10. The molecule has 1 atom stereocenters. The topological polar surface area (TPSA) is 72.1 Å². The number of carbonyl (C=O) groups excluding carboxylic acids is 1. The van der Waals surface area contributed by atoms with Crippen LogP contribution in [0.5, 0.6) is 0 Å². The molecule has 0 radical (unpaired) electrons. The van der Waals surface area contributed by atoms with Gasteiger partial charge in [-0.2, -0.15) is 5.10 Å². The van der Waals surface area contributed by atoms with E-state index in [1.54, 1.807) is 13.8 Å². The van der Waals surface area contributed by atoms with Crippen molar-refractivity contribution in [3.63, 3.8) is 0 Å². The number of aromatic amines is 1. The quantitative estimate of drug-likeness (QED) is 0.752. The van der Waals surface area contributed by atoms with Gasteiger partial charge in [0.25, 0.3) is 0 Å². The van der Waals surface area contributed by atoms with Crippen LogP contribution < -0.4 is 0 Å². The lowest BCUT2D eigenvalue weighted by molar-refractivity contribution is 0.0521. The molecule has 0 aliphatic heterocycles. The Morgan fingerprint density at radius 3 is 2.79 bits per heavy atom. The van der Waals surface area contributed by atoms with E-state index in [0.29, 0.717) is 12.3 Å². The Labute approximate surface area is 84.3 Å². The van der Waals surface area contributed by atoms with Gasteiger partial charge in [-0.05, 0) is 13.8 Å². The summed E-state index contributed by atoms with van der Waals surface area (Å²) in [7, 11) is -1.29. The second-order valence-corrected chi connectivity index (χ2v) is 4.00. The van der Waals surface area contributed by atoms with Gasteiger partial charge in [-0.25, -0.2) is 4.79 Å². The Kier molecular flexibility index (Phi) is 3.40. The van der Waals surface area contributed by atoms with Gasteiger partial charge < -0.3 is 4.74 Å². The van der Waals surface area contributed by atoms with Crippen LogP contribution >= 0.6 is 0 Å². The minimum Gasteiger partial charge on any atom is -0.462 e. The zero-order valence-electron chi connectivity index (χ0n) is 8.29. The molecule has 6 heteroatoms. The fourth-order valence-electron chi connectivity index (χ4n) is 1.06. The monoisotopic (exact) mass is 216 g/mol. The first-order chi connectivity index (χ1) is 6.57. The van der Waals surface area contributed by atoms with Crippen LogP contribution in [0.3, 0.4) is 0 Å². The van der Waals surface area contributed by atoms with Gasteiger partial charge in [-0.15, -0.1) is 0 Å². The Morgan fingerprint density at radius 1 is 1.64 bits per heavy atom. The Hall–Kier alpha value is -1.17. The molecule has 14 heavy (non-hydrogen) atoms. The third kappa shape index (κ3) is 2.01. The summed E-state index contributed by atoms with van der Waals surface area (Å²) in [6.45, 7) is 3.70. The first-order valence-electron chi connectivity index (χ1n) is 4.13. The van der Waals surface area contributed by atoms with Crippen molar-refractivity contribution < 1.29 is 13.7 Å². The number of rotatable bonds is 3. The molecule has 1 heterocycles. The summed E-state index contributed by atoms with van der Waals surface area (Å²) < 4.78 is 16.0. The Balaban J connectivity index is 3.11. The van der Waals surface area contributed by atoms with Crippen molar-refractivity contribution in [2.24, 2.45) is 0 Å². The summed E-state index contributed by atoms with van der Waals surface area (Å²) in [6, 6.07) is 0. The molecule has 0 aliphatic carbocycles. The van der Waals surface area contributed by atoms with Crippen LogP contribution in [0.2, 0.25) is 0 Å². The molecule has 1 aromatic heterocycles. The molecule has 0 fully saturated rings. The first-order valence-corrected chi connectivity index (χ1v) is 5.69. The number of ether oxygens (including phenoxy) is 1. The van der Waals surface area contributed by atoms with Crippen molar-refractivity contribution in [2.75, 3.05) is 12.9 Å². The molecule has 0 spiro atoms. The maximum atomic E-state index is 11.4. The number of carbonyl (C=O) groups is 1. The highest BCUT2D eigenvalue weighted by Gasteiger charge is 2.21. The smallest absolute Gasteiger partial charge is 0.342 e. The Morgan fingerprint density at radius 2 is 2.29 bits per heavy atom. The van der Waals surface area contributed by atoms with Crippen molar-refractivity contribution in [3.05, 3.63) is 11.3 Å². The summed E-state index contributed by atoms with van der Waals surface area (Å²) in [6.07, 6.45) is 1.47. The highest BCUT2D eigenvalue weighted by atomic mass is 32.2. The van der Waals surface area contributed by atoms with E-state index in [2.05, 4.69) is 10.2 Å². The molecule has 0 amide bonds. The van der Waals surface area contributed by atoms with Gasteiger partial charge in [-0.1, -0.05) is 0 Å². The van der Waals surface area contributed by atoms with E-state index in [0.717, 1.165) is 0 Å². The van der Waals surface area contributed by atoms with Gasteiger partial charge in [0.05, 0.1) is 17.4 Å². The zero-order chi connectivity index (χ0) is 10.7. The summed E-state index contributed by atoms with van der Waals surface area (Å²) in [4.78, 5) is 11.4. The number of hydrogen-bond donors (Lipinski definition) is 1. The molecule has 0 saturated heterocycles. The number of H-pyrrole nitrogens is 1. The number of nitrogens with one attached hydrogen (secondary N) is 1. The third-order valence-corrected chi connectivity index (χ3v) is 2.51. The maximum Gasteiger partial charge on any atom is 0.342 e. The SMILES string of the molecule is CCOC(=O)c1c(S(C)=O)n[nH]c1C. The highest BCUT2D eigenvalue weighted by Crippen LogP contribution is 2.14. The number of esters is 1. The lowest BCUT2D eigenvalue weighted by atomic mass is 10.3. The maximum absolute atomic E-state index is 11.4. The molecule has 1 N–H and O–H groups in total. The summed E-state index contributed by atoms with van der Waals surface area (Å²) in [5.41, 5.74) is 0.862. The van der Waals surface area contributed by atoms with Crippen molar-refractivity contribution in [1.29, 1.82) is 0 Å².